The van der Waals surface area contributed by atoms with Crippen LogP contribution in [0.3, 0.4) is 0 Å². The highest BCUT2D eigenvalue weighted by molar-refractivity contribution is 5.92. The highest BCUT2D eigenvalue weighted by Crippen LogP contribution is 2.30. The zero-order valence-electron chi connectivity index (χ0n) is 18.0. The molecule has 0 bridgehead atoms. The lowest BCUT2D eigenvalue weighted by Gasteiger charge is -2.13. The number of carbonyl (C=O) groups excluding carboxylic acids is 1. The van der Waals surface area contributed by atoms with Gasteiger partial charge in [0.15, 0.2) is 5.75 Å². The number of hydrogen-bond acceptors (Lipinski definition) is 5. The molecule has 1 heterocycles. The molecule has 33 heavy (non-hydrogen) atoms. The van der Waals surface area contributed by atoms with E-state index >= 15 is 0 Å². The molecular formula is C25H23N3O5. The van der Waals surface area contributed by atoms with E-state index in [9.17, 15) is 14.4 Å². The summed E-state index contributed by atoms with van der Waals surface area (Å²) in [7, 11) is 0. The SMILES string of the molecule is CCOc1ccc(Oc2ccccc2NC(=O)CCn2[nH]c(=O)c3ccccc3c2=O)cc1. The second kappa shape index (κ2) is 9.86. The van der Waals surface area contributed by atoms with Gasteiger partial charge in [0.2, 0.25) is 5.91 Å². The van der Waals surface area contributed by atoms with Crippen LogP contribution in [-0.2, 0) is 11.3 Å². The summed E-state index contributed by atoms with van der Waals surface area (Å²) in [6.45, 7) is 2.53. The molecule has 0 saturated heterocycles. The van der Waals surface area contributed by atoms with Crippen LogP contribution in [0.4, 0.5) is 5.69 Å². The number of aromatic nitrogens is 2. The van der Waals surface area contributed by atoms with Crippen LogP contribution in [0, 0.1) is 0 Å². The molecular weight excluding hydrogens is 422 g/mol. The van der Waals surface area contributed by atoms with Crippen LogP contribution in [0.25, 0.3) is 10.8 Å². The Hall–Kier alpha value is -4.33. The minimum Gasteiger partial charge on any atom is -0.494 e. The second-order valence-electron chi connectivity index (χ2n) is 7.24. The molecule has 4 aromatic rings. The average molecular weight is 445 g/mol. The van der Waals surface area contributed by atoms with Gasteiger partial charge in [0.05, 0.1) is 29.6 Å². The van der Waals surface area contributed by atoms with E-state index in [-0.39, 0.29) is 30.0 Å². The molecule has 8 heteroatoms. The number of para-hydroxylation sites is 2. The van der Waals surface area contributed by atoms with E-state index in [0.29, 0.717) is 34.6 Å². The van der Waals surface area contributed by atoms with E-state index in [1.54, 1.807) is 60.7 Å². The minimum atomic E-state index is -0.375. The molecule has 2 N–H and O–H groups in total. The maximum atomic E-state index is 12.6. The number of anilines is 1. The number of nitrogens with one attached hydrogen (secondary N) is 2. The van der Waals surface area contributed by atoms with Gasteiger partial charge in [-0.05, 0) is 55.5 Å². The number of aromatic amines is 1. The molecule has 0 aliphatic carbocycles. The Kier molecular flexibility index (Phi) is 6.54. The Bertz CT molecular complexity index is 1390. The van der Waals surface area contributed by atoms with Crippen LogP contribution in [0.1, 0.15) is 13.3 Å². The molecule has 0 fully saturated rings. The predicted octanol–water partition coefficient (Wildman–Crippen LogP) is 3.91. The maximum absolute atomic E-state index is 12.6. The number of carbonyl (C=O) groups is 1. The van der Waals surface area contributed by atoms with E-state index in [0.717, 1.165) is 10.4 Å². The third-order valence-electron chi connectivity index (χ3n) is 4.97. The number of rotatable bonds is 8. The molecule has 0 atom stereocenters. The van der Waals surface area contributed by atoms with Crippen LogP contribution in [0.2, 0.25) is 0 Å². The molecule has 1 amide bonds. The molecule has 168 valence electrons. The predicted molar refractivity (Wildman–Crippen MR) is 126 cm³/mol. The number of fused-ring (bicyclic) bond motifs is 1. The van der Waals surface area contributed by atoms with Crippen molar-refractivity contribution in [3.05, 3.63) is 93.5 Å². The summed E-state index contributed by atoms with van der Waals surface area (Å²) in [5, 5.41) is 5.98. The van der Waals surface area contributed by atoms with Crippen molar-refractivity contribution < 1.29 is 14.3 Å². The zero-order chi connectivity index (χ0) is 23.2. The summed E-state index contributed by atoms with van der Waals surface area (Å²) in [6.07, 6.45) is -0.00836. The molecule has 1 aromatic heterocycles. The third-order valence-corrected chi connectivity index (χ3v) is 4.97. The van der Waals surface area contributed by atoms with Crippen molar-refractivity contribution in [3.63, 3.8) is 0 Å². The normalized spacial score (nSPS) is 10.7. The van der Waals surface area contributed by atoms with Gasteiger partial charge >= 0.3 is 0 Å². The van der Waals surface area contributed by atoms with Gasteiger partial charge < -0.3 is 14.8 Å². The van der Waals surface area contributed by atoms with Crippen LogP contribution in [0.5, 0.6) is 17.2 Å². The van der Waals surface area contributed by atoms with Gasteiger partial charge in [-0.3, -0.25) is 19.5 Å². The Morgan fingerprint density at radius 1 is 0.909 bits per heavy atom. The molecule has 0 radical (unpaired) electrons. The Morgan fingerprint density at radius 3 is 2.33 bits per heavy atom. The van der Waals surface area contributed by atoms with Crippen molar-refractivity contribution in [3.8, 4) is 17.2 Å². The van der Waals surface area contributed by atoms with Crippen molar-refractivity contribution in [2.75, 3.05) is 11.9 Å². The highest BCUT2D eigenvalue weighted by atomic mass is 16.5. The summed E-state index contributed by atoms with van der Waals surface area (Å²) in [5.41, 5.74) is -0.229. The van der Waals surface area contributed by atoms with E-state index < -0.39 is 0 Å². The average Bonchev–Trinajstić information content (AvgIpc) is 2.83. The third kappa shape index (κ3) is 5.12. The fourth-order valence-corrected chi connectivity index (χ4v) is 3.39. The summed E-state index contributed by atoms with van der Waals surface area (Å²) >= 11 is 0. The monoisotopic (exact) mass is 445 g/mol. The molecule has 0 unspecified atom stereocenters. The van der Waals surface area contributed by atoms with Gasteiger partial charge in [-0.15, -0.1) is 0 Å². The molecule has 4 rings (SSSR count). The first-order chi connectivity index (χ1) is 16.0. The first-order valence-electron chi connectivity index (χ1n) is 10.6. The van der Waals surface area contributed by atoms with Crippen LogP contribution < -0.4 is 25.9 Å². The quantitative estimate of drug-likeness (QED) is 0.428. The van der Waals surface area contributed by atoms with E-state index in [4.69, 9.17) is 9.47 Å². The van der Waals surface area contributed by atoms with E-state index in [1.807, 2.05) is 19.1 Å². The van der Waals surface area contributed by atoms with E-state index in [2.05, 4.69) is 10.4 Å². The molecule has 8 nitrogen and oxygen atoms in total. The maximum Gasteiger partial charge on any atom is 0.273 e. The number of H-pyrrole nitrogens is 1. The topological polar surface area (TPSA) is 102 Å². The number of nitrogens with zero attached hydrogens (tertiary/aromatic N) is 1. The van der Waals surface area contributed by atoms with Gasteiger partial charge in [0.25, 0.3) is 11.1 Å². The molecule has 0 aliphatic rings. The van der Waals surface area contributed by atoms with Gasteiger partial charge in [-0.25, -0.2) is 4.68 Å². The minimum absolute atomic E-state index is 0.00836. The standard InChI is InChI=1S/C25H23N3O5/c1-2-32-17-11-13-18(14-12-17)33-22-10-6-5-9-21(22)26-23(29)15-16-28-25(31)20-8-4-3-7-19(20)24(30)27-28/h3-14H,2,15-16H2,1H3,(H,26,29)(H,27,30). The first-order valence-corrected chi connectivity index (χ1v) is 10.6. The Labute approximate surface area is 189 Å². The fraction of sp³-hybridized carbons (Fsp3) is 0.160. The lowest BCUT2D eigenvalue weighted by atomic mass is 10.2. The van der Waals surface area contributed by atoms with Crippen LogP contribution >= 0.6 is 0 Å². The first kappa shape index (κ1) is 21.9. The van der Waals surface area contributed by atoms with Crippen molar-refractivity contribution in [2.24, 2.45) is 0 Å². The molecule has 3 aromatic carbocycles. The molecule has 0 spiro atoms. The number of aryl methyl sites for hydroxylation is 1. The second-order valence-corrected chi connectivity index (χ2v) is 7.24. The van der Waals surface area contributed by atoms with Crippen LogP contribution in [-0.4, -0.2) is 22.3 Å². The summed E-state index contributed by atoms with van der Waals surface area (Å²) in [5.74, 6) is 1.50. The van der Waals surface area contributed by atoms with Gasteiger partial charge in [-0.1, -0.05) is 24.3 Å². The van der Waals surface area contributed by atoms with Gasteiger partial charge in [-0.2, -0.15) is 0 Å². The largest absolute Gasteiger partial charge is 0.494 e. The molecule has 0 saturated carbocycles. The lowest BCUT2D eigenvalue weighted by Crippen LogP contribution is -2.31. The highest BCUT2D eigenvalue weighted by Gasteiger charge is 2.11. The number of ether oxygens (including phenoxy) is 2. The van der Waals surface area contributed by atoms with Crippen molar-refractivity contribution in [1.82, 2.24) is 9.78 Å². The van der Waals surface area contributed by atoms with Crippen molar-refractivity contribution in [1.29, 1.82) is 0 Å². The summed E-state index contributed by atoms with van der Waals surface area (Å²) in [6, 6.07) is 20.8. The van der Waals surface area contributed by atoms with E-state index in [1.165, 1.54) is 0 Å². The number of amides is 1. The zero-order valence-corrected chi connectivity index (χ0v) is 18.0. The summed E-state index contributed by atoms with van der Waals surface area (Å²) < 4.78 is 12.5. The summed E-state index contributed by atoms with van der Waals surface area (Å²) in [4.78, 5) is 37.4. The Morgan fingerprint density at radius 2 is 1.58 bits per heavy atom. The van der Waals surface area contributed by atoms with Crippen molar-refractivity contribution >= 4 is 22.4 Å². The van der Waals surface area contributed by atoms with Crippen LogP contribution in [0.15, 0.2) is 82.4 Å². The van der Waals surface area contributed by atoms with Crippen molar-refractivity contribution in [2.45, 2.75) is 19.9 Å². The molecule has 0 aliphatic heterocycles. The number of hydrogen-bond donors (Lipinski definition) is 2. The number of benzene rings is 3. The Balaban J connectivity index is 1.44. The lowest BCUT2D eigenvalue weighted by molar-refractivity contribution is -0.116. The van der Waals surface area contributed by atoms with Gasteiger partial charge in [0, 0.05) is 6.42 Å². The smallest absolute Gasteiger partial charge is 0.273 e. The fourth-order valence-electron chi connectivity index (χ4n) is 3.39. The van der Waals surface area contributed by atoms with Gasteiger partial charge in [0.1, 0.15) is 11.5 Å².